The van der Waals surface area contributed by atoms with Gasteiger partial charge in [0.25, 0.3) is 5.69 Å². The second-order valence-electron chi connectivity index (χ2n) is 7.16. The van der Waals surface area contributed by atoms with Crippen molar-refractivity contribution in [2.75, 3.05) is 6.61 Å². The lowest BCUT2D eigenvalue weighted by Gasteiger charge is -2.43. The highest BCUT2D eigenvalue weighted by Crippen LogP contribution is 2.48. The molecular weight excluding hydrogens is 378 g/mol. The summed E-state index contributed by atoms with van der Waals surface area (Å²) in [5, 5.41) is 21.4. The van der Waals surface area contributed by atoms with E-state index >= 15 is 0 Å². The molecule has 0 spiro atoms. The molecule has 10 nitrogen and oxygen atoms in total. The summed E-state index contributed by atoms with van der Waals surface area (Å²) in [4.78, 5) is 26.3. The molecule has 146 valence electrons. The first-order valence-corrected chi connectivity index (χ1v) is 9.71. The molecule has 1 aromatic carbocycles. The molecule has 2 aliphatic heterocycles. The van der Waals surface area contributed by atoms with Crippen LogP contribution in [-0.2, 0) is 15.4 Å². The Kier molecular flexibility index (Phi) is 4.18. The monoisotopic (exact) mass is 397 g/mol. The van der Waals surface area contributed by atoms with Crippen LogP contribution in [0, 0.1) is 10.1 Å². The van der Waals surface area contributed by atoms with Crippen molar-refractivity contribution < 1.29 is 28.0 Å². The molecule has 2 heterocycles. The van der Waals surface area contributed by atoms with Crippen LogP contribution in [0.3, 0.4) is 0 Å². The minimum atomic E-state index is -3.92. The van der Waals surface area contributed by atoms with Gasteiger partial charge < -0.3 is 9.84 Å². The first-order chi connectivity index (χ1) is 12.4. The molecule has 0 fully saturated rings. The average molecular weight is 397 g/mol. The number of carbonyl (C=O) groups is 1. The molecule has 0 saturated heterocycles. The third-order valence-electron chi connectivity index (χ3n) is 5.21. The quantitative estimate of drug-likeness (QED) is 0.542. The summed E-state index contributed by atoms with van der Waals surface area (Å²) >= 11 is 0. The molecule has 3 rings (SSSR count). The number of hydrogen-bond acceptors (Lipinski definition) is 7. The summed E-state index contributed by atoms with van der Waals surface area (Å²) in [6.45, 7) is 4.40. The van der Waals surface area contributed by atoms with Gasteiger partial charge in [0.05, 0.1) is 16.8 Å². The minimum absolute atomic E-state index is 0.0948. The highest BCUT2D eigenvalue weighted by atomic mass is 32.2. The number of ether oxygens (including phenoxy) is 1. The molecule has 0 bridgehead atoms. The summed E-state index contributed by atoms with van der Waals surface area (Å²) < 4.78 is 30.7. The Morgan fingerprint density at radius 1 is 1.41 bits per heavy atom. The fraction of sp³-hybridized carbons (Fsp3) is 0.500. The molecule has 0 aromatic heterocycles. The largest absolute Gasteiger partial charge is 0.493 e. The smallest absolute Gasteiger partial charge is 0.410 e. The lowest BCUT2D eigenvalue weighted by molar-refractivity contribution is -0.385. The van der Waals surface area contributed by atoms with E-state index in [1.54, 1.807) is 0 Å². The van der Waals surface area contributed by atoms with E-state index in [9.17, 15) is 23.3 Å². The Labute approximate surface area is 155 Å². The molecule has 1 aromatic rings. The molecule has 0 radical (unpaired) electrons. The van der Waals surface area contributed by atoms with Crippen LogP contribution in [0.2, 0.25) is 0 Å². The lowest BCUT2D eigenvalue weighted by atomic mass is 9.86. The number of nitrogens with one attached hydrogen (secondary N) is 1. The van der Waals surface area contributed by atoms with Gasteiger partial charge in [0, 0.05) is 24.1 Å². The topological polar surface area (TPSA) is 148 Å². The van der Waals surface area contributed by atoms with Crippen LogP contribution in [-0.4, -0.2) is 47.0 Å². The van der Waals surface area contributed by atoms with Crippen LogP contribution in [0.15, 0.2) is 23.2 Å². The summed E-state index contributed by atoms with van der Waals surface area (Å²) in [6.07, 6.45) is -1.32. The highest BCUT2D eigenvalue weighted by molar-refractivity contribution is 7.94. The second-order valence-corrected chi connectivity index (χ2v) is 9.84. The van der Waals surface area contributed by atoms with Gasteiger partial charge in [-0.1, -0.05) is 0 Å². The van der Waals surface area contributed by atoms with Crippen molar-refractivity contribution >= 4 is 27.5 Å². The summed E-state index contributed by atoms with van der Waals surface area (Å²) in [6, 6.07) is 3.92. The SMILES string of the molecule is CC1(C)C(NC(=O)O)=N[C@]2(C)c3cc([N+](=O)[O-])ccc3OCC[C@H]2S1(=O)=O. The van der Waals surface area contributed by atoms with Gasteiger partial charge in [-0.3, -0.25) is 20.4 Å². The van der Waals surface area contributed by atoms with Crippen LogP contribution in [0.1, 0.15) is 32.8 Å². The molecule has 27 heavy (non-hydrogen) atoms. The number of carboxylic acid groups (broad SMARTS) is 1. The summed E-state index contributed by atoms with van der Waals surface area (Å²) in [5.74, 6) is 0.0621. The van der Waals surface area contributed by atoms with Crippen LogP contribution >= 0.6 is 0 Å². The third-order valence-corrected chi connectivity index (χ3v) is 8.27. The predicted octanol–water partition coefficient (Wildman–Crippen LogP) is 1.83. The van der Waals surface area contributed by atoms with Crippen LogP contribution in [0.5, 0.6) is 5.75 Å². The molecule has 0 saturated carbocycles. The number of amidine groups is 1. The van der Waals surface area contributed by atoms with Crippen molar-refractivity contribution in [3.63, 3.8) is 0 Å². The Morgan fingerprint density at radius 3 is 2.67 bits per heavy atom. The van der Waals surface area contributed by atoms with Crippen molar-refractivity contribution in [2.45, 2.75) is 42.7 Å². The predicted molar refractivity (Wildman–Crippen MR) is 95.9 cm³/mol. The number of aliphatic imine (C=N–C) groups is 1. The normalized spacial score (nSPS) is 27.8. The number of sulfone groups is 1. The van der Waals surface area contributed by atoms with Gasteiger partial charge >= 0.3 is 6.09 Å². The zero-order chi connectivity index (χ0) is 20.2. The van der Waals surface area contributed by atoms with Gasteiger partial charge in [-0.25, -0.2) is 13.2 Å². The number of nitrogens with zero attached hydrogens (tertiary/aromatic N) is 2. The van der Waals surface area contributed by atoms with E-state index in [0.29, 0.717) is 5.75 Å². The van der Waals surface area contributed by atoms with E-state index < -0.39 is 36.4 Å². The van der Waals surface area contributed by atoms with Crippen molar-refractivity contribution in [2.24, 2.45) is 4.99 Å². The molecule has 0 unspecified atom stereocenters. The first-order valence-electron chi connectivity index (χ1n) is 8.16. The fourth-order valence-corrected chi connectivity index (χ4v) is 5.88. The van der Waals surface area contributed by atoms with Crippen molar-refractivity contribution in [3.8, 4) is 5.75 Å². The fourth-order valence-electron chi connectivity index (χ4n) is 3.61. The van der Waals surface area contributed by atoms with E-state index in [1.165, 1.54) is 39.0 Å². The Hall–Kier alpha value is -2.69. The molecule has 2 atom stereocenters. The standard InChI is InChI=1S/C16H19N3O7S/c1-15(2)13(17-14(20)21)18-16(3)10-8-9(19(22)23)4-5-11(10)26-7-6-12(16)27(15,24)25/h4-5,8,12H,6-7H2,1-3H3,(H,17,18)(H,20,21)/t12-,16-/m1/s1. The maximum absolute atomic E-state index is 13.3. The second kappa shape index (κ2) is 5.91. The number of nitro benzene ring substituents is 1. The van der Waals surface area contributed by atoms with Gasteiger partial charge in [0.1, 0.15) is 21.9 Å². The zero-order valence-corrected chi connectivity index (χ0v) is 15.7. The van der Waals surface area contributed by atoms with E-state index in [2.05, 4.69) is 10.3 Å². The molecule has 1 amide bonds. The van der Waals surface area contributed by atoms with E-state index in [4.69, 9.17) is 9.84 Å². The van der Waals surface area contributed by atoms with Crippen molar-refractivity contribution in [3.05, 3.63) is 33.9 Å². The van der Waals surface area contributed by atoms with E-state index in [-0.39, 0.29) is 30.1 Å². The number of benzene rings is 1. The zero-order valence-electron chi connectivity index (χ0n) is 14.9. The van der Waals surface area contributed by atoms with Crippen molar-refractivity contribution in [1.82, 2.24) is 5.32 Å². The summed E-state index contributed by atoms with van der Waals surface area (Å²) in [7, 11) is -3.92. The Morgan fingerprint density at radius 2 is 2.07 bits per heavy atom. The number of nitro groups is 1. The van der Waals surface area contributed by atoms with E-state index in [1.807, 2.05) is 0 Å². The Bertz CT molecular complexity index is 970. The maximum Gasteiger partial charge on any atom is 0.410 e. The maximum atomic E-state index is 13.3. The molecule has 2 N–H and O–H groups in total. The molecule has 11 heteroatoms. The summed E-state index contributed by atoms with van der Waals surface area (Å²) in [5.41, 5.74) is -1.43. The van der Waals surface area contributed by atoms with Gasteiger partial charge in [-0.05, 0) is 26.8 Å². The molecular formula is C16H19N3O7S. The number of hydrogen-bond donors (Lipinski definition) is 2. The first kappa shape index (κ1) is 19.1. The number of non-ortho nitro benzene ring substituents is 1. The van der Waals surface area contributed by atoms with Crippen molar-refractivity contribution in [1.29, 1.82) is 0 Å². The van der Waals surface area contributed by atoms with Gasteiger partial charge in [0.15, 0.2) is 9.84 Å². The van der Waals surface area contributed by atoms with Crippen LogP contribution in [0.25, 0.3) is 0 Å². The number of rotatable bonds is 1. The van der Waals surface area contributed by atoms with Gasteiger partial charge in [0.2, 0.25) is 0 Å². The minimum Gasteiger partial charge on any atom is -0.493 e. The van der Waals surface area contributed by atoms with E-state index in [0.717, 1.165) is 0 Å². The van der Waals surface area contributed by atoms with Crippen LogP contribution in [0.4, 0.5) is 10.5 Å². The Balaban J connectivity index is 2.34. The number of amides is 1. The van der Waals surface area contributed by atoms with Crippen LogP contribution < -0.4 is 10.1 Å². The molecule has 2 aliphatic rings. The average Bonchev–Trinajstić information content (AvgIpc) is 2.69. The third kappa shape index (κ3) is 2.73. The molecule has 0 aliphatic carbocycles. The van der Waals surface area contributed by atoms with Gasteiger partial charge in [-0.15, -0.1) is 0 Å². The number of fused-ring (bicyclic) bond motifs is 3. The highest BCUT2D eigenvalue weighted by Gasteiger charge is 2.58. The lowest BCUT2D eigenvalue weighted by Crippen LogP contribution is -2.61. The van der Waals surface area contributed by atoms with Gasteiger partial charge in [-0.2, -0.15) is 0 Å².